The maximum Gasteiger partial charge on any atom is 0.230 e. The number of anilines is 1. The fraction of sp³-hybridized carbons (Fsp3) is 0.550. The number of hydrogen-bond donors (Lipinski definition) is 2. The van der Waals surface area contributed by atoms with Crippen molar-refractivity contribution in [3.8, 4) is 0 Å². The van der Waals surface area contributed by atoms with E-state index in [2.05, 4.69) is 10.6 Å². The molecule has 6 nitrogen and oxygen atoms in total. The van der Waals surface area contributed by atoms with Crippen molar-refractivity contribution in [2.75, 3.05) is 24.2 Å². The molecule has 0 aromatic heterocycles. The lowest BCUT2D eigenvalue weighted by Gasteiger charge is -2.24. The number of thioether (sulfide) groups is 1. The summed E-state index contributed by atoms with van der Waals surface area (Å²) >= 11 is 1.40. The van der Waals surface area contributed by atoms with E-state index < -0.39 is 0 Å². The van der Waals surface area contributed by atoms with Gasteiger partial charge in [0.15, 0.2) is 0 Å². The van der Waals surface area contributed by atoms with Crippen LogP contribution in [0.25, 0.3) is 0 Å². The van der Waals surface area contributed by atoms with Gasteiger partial charge in [-0.3, -0.25) is 14.4 Å². The van der Waals surface area contributed by atoms with Gasteiger partial charge in [0.1, 0.15) is 0 Å². The van der Waals surface area contributed by atoms with Gasteiger partial charge in [-0.2, -0.15) is 0 Å². The first-order valence-corrected chi connectivity index (χ1v) is 10.6. The predicted molar refractivity (Wildman–Crippen MR) is 107 cm³/mol. The average molecular weight is 390 g/mol. The standard InChI is InChI=1S/C20H27N3O3S/c1-14(24)22-17-8-4-5-9-18(17)27-13-19(25)21-11-15-10-20(26)23(12-15)16-6-2-3-7-16/h4-5,8-9,15-16H,2-3,6-7,10-13H2,1H3,(H,21,25)(H,22,24). The number of nitrogens with one attached hydrogen (secondary N) is 2. The van der Waals surface area contributed by atoms with Gasteiger partial charge in [0.25, 0.3) is 0 Å². The third kappa shape index (κ3) is 5.48. The lowest BCUT2D eigenvalue weighted by atomic mass is 10.1. The summed E-state index contributed by atoms with van der Waals surface area (Å²) in [4.78, 5) is 38.6. The van der Waals surface area contributed by atoms with Gasteiger partial charge < -0.3 is 15.5 Å². The van der Waals surface area contributed by atoms with Crippen LogP contribution in [-0.4, -0.2) is 47.5 Å². The highest BCUT2D eigenvalue weighted by molar-refractivity contribution is 8.00. The highest BCUT2D eigenvalue weighted by Crippen LogP contribution is 2.29. The zero-order valence-electron chi connectivity index (χ0n) is 15.7. The molecule has 0 radical (unpaired) electrons. The molecule has 1 atom stereocenters. The molecule has 1 aliphatic carbocycles. The van der Waals surface area contributed by atoms with Crippen molar-refractivity contribution in [2.45, 2.75) is 50.0 Å². The summed E-state index contributed by atoms with van der Waals surface area (Å²) < 4.78 is 0. The van der Waals surface area contributed by atoms with Gasteiger partial charge in [-0.25, -0.2) is 0 Å². The minimum atomic E-state index is -0.134. The van der Waals surface area contributed by atoms with E-state index in [0.29, 0.717) is 19.0 Å². The van der Waals surface area contributed by atoms with Crippen molar-refractivity contribution in [1.29, 1.82) is 0 Å². The fourth-order valence-electron chi connectivity index (χ4n) is 3.85. The Kier molecular flexibility index (Phi) is 6.77. The lowest BCUT2D eigenvalue weighted by molar-refractivity contribution is -0.129. The molecule has 1 saturated heterocycles. The second kappa shape index (κ2) is 9.26. The summed E-state index contributed by atoms with van der Waals surface area (Å²) in [5, 5.41) is 5.74. The summed E-state index contributed by atoms with van der Waals surface area (Å²) in [5.41, 5.74) is 0.719. The van der Waals surface area contributed by atoms with Crippen molar-refractivity contribution in [3.63, 3.8) is 0 Å². The van der Waals surface area contributed by atoms with E-state index in [1.165, 1.54) is 31.5 Å². The van der Waals surface area contributed by atoms with E-state index in [1.54, 1.807) is 0 Å². The quantitative estimate of drug-likeness (QED) is 0.703. The van der Waals surface area contributed by atoms with Crippen molar-refractivity contribution < 1.29 is 14.4 Å². The molecule has 3 rings (SSSR count). The Morgan fingerprint density at radius 3 is 2.70 bits per heavy atom. The molecule has 1 saturated carbocycles. The van der Waals surface area contributed by atoms with Gasteiger partial charge >= 0.3 is 0 Å². The average Bonchev–Trinajstić information content (AvgIpc) is 3.28. The number of rotatable bonds is 7. The van der Waals surface area contributed by atoms with Crippen molar-refractivity contribution in [2.24, 2.45) is 5.92 Å². The molecule has 1 unspecified atom stereocenters. The molecule has 7 heteroatoms. The summed E-state index contributed by atoms with van der Waals surface area (Å²) in [6.07, 6.45) is 5.21. The molecule has 27 heavy (non-hydrogen) atoms. The Hall–Kier alpha value is -2.02. The van der Waals surface area contributed by atoms with E-state index in [0.717, 1.165) is 30.0 Å². The molecule has 1 aromatic rings. The smallest absolute Gasteiger partial charge is 0.230 e. The molecule has 1 heterocycles. The molecule has 0 spiro atoms. The topological polar surface area (TPSA) is 78.5 Å². The van der Waals surface area contributed by atoms with Crippen molar-refractivity contribution in [3.05, 3.63) is 24.3 Å². The summed E-state index contributed by atoms with van der Waals surface area (Å²) in [7, 11) is 0. The highest BCUT2D eigenvalue weighted by atomic mass is 32.2. The first kappa shape index (κ1) is 19.7. The Bertz CT molecular complexity index is 703. The predicted octanol–water partition coefficient (Wildman–Crippen LogP) is 2.64. The molecule has 2 N–H and O–H groups in total. The molecule has 2 aliphatic rings. The lowest BCUT2D eigenvalue weighted by Crippen LogP contribution is -2.36. The number of likely N-dealkylation sites (tertiary alicyclic amines) is 1. The van der Waals surface area contributed by atoms with Gasteiger partial charge in [0.05, 0.1) is 11.4 Å². The van der Waals surface area contributed by atoms with Crippen molar-refractivity contribution in [1.82, 2.24) is 10.2 Å². The van der Waals surface area contributed by atoms with Gasteiger partial charge in [-0.15, -0.1) is 11.8 Å². The number of para-hydroxylation sites is 1. The second-order valence-corrected chi connectivity index (χ2v) is 8.34. The number of nitrogens with zero attached hydrogens (tertiary/aromatic N) is 1. The molecule has 1 aromatic carbocycles. The molecule has 1 aliphatic heterocycles. The zero-order valence-corrected chi connectivity index (χ0v) is 16.5. The molecule has 2 fully saturated rings. The van der Waals surface area contributed by atoms with E-state index in [4.69, 9.17) is 0 Å². The van der Waals surface area contributed by atoms with Crippen LogP contribution in [0.4, 0.5) is 5.69 Å². The van der Waals surface area contributed by atoms with Crippen LogP contribution >= 0.6 is 11.8 Å². The molecule has 0 bridgehead atoms. The Morgan fingerprint density at radius 1 is 1.22 bits per heavy atom. The summed E-state index contributed by atoms with van der Waals surface area (Å²) in [5.74, 6) is 0.539. The van der Waals surface area contributed by atoms with Gasteiger partial charge in [-0.05, 0) is 25.0 Å². The van der Waals surface area contributed by atoms with Crippen LogP contribution in [0.3, 0.4) is 0 Å². The van der Waals surface area contributed by atoms with Crippen molar-refractivity contribution >= 4 is 35.2 Å². The van der Waals surface area contributed by atoms with Gasteiger partial charge in [0.2, 0.25) is 17.7 Å². The van der Waals surface area contributed by atoms with Crippen LogP contribution in [0.1, 0.15) is 39.0 Å². The number of benzene rings is 1. The highest BCUT2D eigenvalue weighted by Gasteiger charge is 2.35. The molecular formula is C20H27N3O3S. The van der Waals surface area contributed by atoms with Crippen LogP contribution in [0.5, 0.6) is 0 Å². The second-order valence-electron chi connectivity index (χ2n) is 7.32. The summed E-state index contributed by atoms with van der Waals surface area (Å²) in [6, 6.07) is 7.86. The summed E-state index contributed by atoms with van der Waals surface area (Å²) in [6.45, 7) is 2.77. The zero-order chi connectivity index (χ0) is 19.2. The van der Waals surface area contributed by atoms with E-state index in [-0.39, 0.29) is 29.4 Å². The Morgan fingerprint density at radius 2 is 1.96 bits per heavy atom. The van der Waals surface area contributed by atoms with Gasteiger partial charge in [0, 0.05) is 43.3 Å². The third-order valence-corrected chi connectivity index (χ3v) is 6.22. The van der Waals surface area contributed by atoms with Crippen LogP contribution in [0.15, 0.2) is 29.2 Å². The number of amides is 3. The Balaban J connectivity index is 1.43. The van der Waals surface area contributed by atoms with Crippen LogP contribution < -0.4 is 10.6 Å². The first-order valence-electron chi connectivity index (χ1n) is 9.58. The number of carbonyl (C=O) groups excluding carboxylic acids is 3. The van der Waals surface area contributed by atoms with Crippen LogP contribution in [0, 0.1) is 5.92 Å². The van der Waals surface area contributed by atoms with Crippen LogP contribution in [0.2, 0.25) is 0 Å². The SMILES string of the molecule is CC(=O)Nc1ccccc1SCC(=O)NCC1CC(=O)N(C2CCCC2)C1. The number of hydrogen-bond acceptors (Lipinski definition) is 4. The largest absolute Gasteiger partial charge is 0.355 e. The maximum absolute atomic E-state index is 12.2. The first-order chi connectivity index (χ1) is 13.0. The van der Waals surface area contributed by atoms with E-state index >= 15 is 0 Å². The molecule has 3 amide bonds. The Labute approximate surface area is 164 Å². The van der Waals surface area contributed by atoms with E-state index in [1.807, 2.05) is 29.2 Å². The molecular weight excluding hydrogens is 362 g/mol. The normalized spacial score (nSPS) is 20.1. The maximum atomic E-state index is 12.2. The minimum absolute atomic E-state index is 0.0515. The molecule has 146 valence electrons. The third-order valence-electron chi connectivity index (χ3n) is 5.15. The van der Waals surface area contributed by atoms with Gasteiger partial charge in [-0.1, -0.05) is 25.0 Å². The minimum Gasteiger partial charge on any atom is -0.355 e. The monoisotopic (exact) mass is 389 g/mol. The van der Waals surface area contributed by atoms with Crippen LogP contribution in [-0.2, 0) is 14.4 Å². The fourth-order valence-corrected chi connectivity index (χ4v) is 4.69. The van der Waals surface area contributed by atoms with E-state index in [9.17, 15) is 14.4 Å². The number of carbonyl (C=O) groups is 3.